The zero-order valence-electron chi connectivity index (χ0n) is 9.69. The van der Waals surface area contributed by atoms with Crippen LogP contribution in [0.5, 0.6) is 0 Å². The van der Waals surface area contributed by atoms with Crippen LogP contribution in [-0.2, 0) is 11.2 Å². The van der Waals surface area contributed by atoms with Crippen molar-refractivity contribution >= 4 is 28.1 Å². The molecule has 2 rings (SSSR count). The Bertz CT molecular complexity index is 601. The summed E-state index contributed by atoms with van der Waals surface area (Å²) in [4.78, 5) is 14.6. The zero-order valence-corrected chi connectivity index (χ0v) is 10.5. The number of thiazole rings is 1. The van der Waals surface area contributed by atoms with Crippen molar-refractivity contribution in [2.24, 2.45) is 0 Å². The van der Waals surface area contributed by atoms with E-state index in [0.717, 1.165) is 12.1 Å². The number of aryl methyl sites for hydroxylation is 1. The maximum Gasteiger partial charge on any atom is 0.303 e. The molecule has 7 heteroatoms. The molecule has 1 heterocycles. The number of carboxylic acids is 1. The van der Waals surface area contributed by atoms with Crippen molar-refractivity contribution in [1.29, 1.82) is 0 Å². The molecule has 0 saturated heterocycles. The highest BCUT2D eigenvalue weighted by atomic mass is 32.1. The Balaban J connectivity index is 2.02. The van der Waals surface area contributed by atoms with E-state index < -0.39 is 17.6 Å². The smallest absolute Gasteiger partial charge is 0.303 e. The standard InChI is InChI=1S/C12H10F2N2O2S/c13-9-3-1-7(5-10(9)14)15-12-16-8(6-19-12)2-4-11(17)18/h1,3,5-6H,2,4H2,(H,15,16)(H,17,18). The maximum atomic E-state index is 13.0. The number of benzene rings is 1. The molecule has 0 spiro atoms. The Morgan fingerprint density at radius 2 is 2.16 bits per heavy atom. The molecule has 0 amide bonds. The summed E-state index contributed by atoms with van der Waals surface area (Å²) in [6.45, 7) is 0. The highest BCUT2D eigenvalue weighted by Crippen LogP contribution is 2.22. The molecule has 1 aromatic heterocycles. The molecule has 0 aliphatic rings. The van der Waals surface area contributed by atoms with Gasteiger partial charge in [0.15, 0.2) is 16.8 Å². The van der Waals surface area contributed by atoms with E-state index in [-0.39, 0.29) is 6.42 Å². The van der Waals surface area contributed by atoms with E-state index in [2.05, 4.69) is 10.3 Å². The summed E-state index contributed by atoms with van der Waals surface area (Å²) >= 11 is 1.27. The molecular formula is C12H10F2N2O2S. The first kappa shape index (κ1) is 13.4. The largest absolute Gasteiger partial charge is 0.481 e. The van der Waals surface area contributed by atoms with E-state index in [1.54, 1.807) is 5.38 Å². The fraction of sp³-hybridized carbons (Fsp3) is 0.167. The number of nitrogens with one attached hydrogen (secondary N) is 1. The van der Waals surface area contributed by atoms with Crippen LogP contribution >= 0.6 is 11.3 Å². The van der Waals surface area contributed by atoms with Crippen molar-refractivity contribution in [3.05, 3.63) is 40.9 Å². The normalized spacial score (nSPS) is 10.4. The topological polar surface area (TPSA) is 62.2 Å². The fourth-order valence-corrected chi connectivity index (χ4v) is 2.18. The number of hydrogen-bond acceptors (Lipinski definition) is 4. The molecule has 0 atom stereocenters. The SMILES string of the molecule is O=C(O)CCc1csc(Nc2ccc(F)c(F)c2)n1. The van der Waals surface area contributed by atoms with E-state index in [4.69, 9.17) is 5.11 Å². The number of rotatable bonds is 5. The summed E-state index contributed by atoms with van der Waals surface area (Å²) < 4.78 is 25.7. The van der Waals surface area contributed by atoms with Gasteiger partial charge in [0.1, 0.15) is 0 Å². The third kappa shape index (κ3) is 3.72. The number of halogens is 2. The molecule has 0 bridgehead atoms. The van der Waals surface area contributed by atoms with E-state index in [1.165, 1.54) is 17.4 Å². The van der Waals surface area contributed by atoms with Gasteiger partial charge in [-0.2, -0.15) is 0 Å². The summed E-state index contributed by atoms with van der Waals surface area (Å²) in [6, 6.07) is 3.46. The van der Waals surface area contributed by atoms with Crippen LogP contribution < -0.4 is 5.32 Å². The van der Waals surface area contributed by atoms with Gasteiger partial charge in [0, 0.05) is 23.6 Å². The molecule has 0 aliphatic heterocycles. The first-order valence-corrected chi connectivity index (χ1v) is 6.31. The molecule has 1 aromatic carbocycles. The molecule has 4 nitrogen and oxygen atoms in total. The van der Waals surface area contributed by atoms with Crippen molar-refractivity contribution in [3.8, 4) is 0 Å². The average molecular weight is 284 g/mol. The van der Waals surface area contributed by atoms with Crippen molar-refractivity contribution in [2.75, 3.05) is 5.32 Å². The fourth-order valence-electron chi connectivity index (χ4n) is 1.41. The van der Waals surface area contributed by atoms with E-state index in [0.29, 0.717) is 22.9 Å². The van der Waals surface area contributed by atoms with Gasteiger partial charge in [0.25, 0.3) is 0 Å². The second kappa shape index (κ2) is 5.75. The Hall–Kier alpha value is -2.02. The minimum Gasteiger partial charge on any atom is -0.481 e. The molecule has 100 valence electrons. The number of nitrogens with zero attached hydrogens (tertiary/aromatic N) is 1. The van der Waals surface area contributed by atoms with E-state index in [1.807, 2.05) is 0 Å². The van der Waals surface area contributed by atoms with Gasteiger partial charge in [-0.05, 0) is 12.1 Å². The van der Waals surface area contributed by atoms with Crippen LogP contribution in [0.25, 0.3) is 0 Å². The number of anilines is 2. The van der Waals surface area contributed by atoms with Crippen LogP contribution in [-0.4, -0.2) is 16.1 Å². The lowest BCUT2D eigenvalue weighted by molar-refractivity contribution is -0.136. The van der Waals surface area contributed by atoms with Crippen molar-refractivity contribution < 1.29 is 18.7 Å². The summed E-state index contributed by atoms with van der Waals surface area (Å²) in [5, 5.41) is 13.6. The van der Waals surface area contributed by atoms with Crippen molar-refractivity contribution in [3.63, 3.8) is 0 Å². The summed E-state index contributed by atoms with van der Waals surface area (Å²) in [6.07, 6.45) is 0.347. The van der Waals surface area contributed by atoms with Gasteiger partial charge in [0.05, 0.1) is 12.1 Å². The molecule has 0 unspecified atom stereocenters. The highest BCUT2D eigenvalue weighted by Gasteiger charge is 2.07. The third-order valence-electron chi connectivity index (χ3n) is 2.32. The van der Waals surface area contributed by atoms with Gasteiger partial charge < -0.3 is 10.4 Å². The Labute approximate surface area is 111 Å². The predicted octanol–water partition coefficient (Wildman–Crippen LogP) is 3.18. The summed E-state index contributed by atoms with van der Waals surface area (Å²) in [7, 11) is 0. The van der Waals surface area contributed by atoms with Gasteiger partial charge in [0.2, 0.25) is 0 Å². The molecule has 0 aliphatic carbocycles. The minimum absolute atomic E-state index is 0.00828. The number of carboxylic acid groups (broad SMARTS) is 1. The second-order valence-corrected chi connectivity index (χ2v) is 4.65. The van der Waals surface area contributed by atoms with Gasteiger partial charge in [-0.3, -0.25) is 4.79 Å². The molecule has 2 aromatic rings. The van der Waals surface area contributed by atoms with Crippen LogP contribution in [0.4, 0.5) is 19.6 Å². The van der Waals surface area contributed by atoms with Crippen molar-refractivity contribution in [2.45, 2.75) is 12.8 Å². The Morgan fingerprint density at radius 1 is 1.37 bits per heavy atom. The lowest BCUT2D eigenvalue weighted by Crippen LogP contribution is -1.98. The van der Waals surface area contributed by atoms with Crippen LogP contribution in [0.3, 0.4) is 0 Å². The first-order valence-electron chi connectivity index (χ1n) is 5.43. The van der Waals surface area contributed by atoms with Crippen LogP contribution in [0.2, 0.25) is 0 Å². The lowest BCUT2D eigenvalue weighted by Gasteiger charge is -2.02. The van der Waals surface area contributed by atoms with Gasteiger partial charge in [-0.1, -0.05) is 0 Å². The van der Waals surface area contributed by atoms with Crippen LogP contribution in [0.15, 0.2) is 23.6 Å². The van der Waals surface area contributed by atoms with E-state index >= 15 is 0 Å². The maximum absolute atomic E-state index is 13.0. The second-order valence-electron chi connectivity index (χ2n) is 3.79. The Morgan fingerprint density at radius 3 is 2.84 bits per heavy atom. The summed E-state index contributed by atoms with van der Waals surface area (Å²) in [5.74, 6) is -2.73. The summed E-state index contributed by atoms with van der Waals surface area (Å²) in [5.41, 5.74) is 1.04. The number of hydrogen-bond donors (Lipinski definition) is 2. The Kier molecular flexibility index (Phi) is 4.06. The zero-order chi connectivity index (χ0) is 13.8. The highest BCUT2D eigenvalue weighted by molar-refractivity contribution is 7.13. The third-order valence-corrected chi connectivity index (χ3v) is 3.12. The quantitative estimate of drug-likeness (QED) is 0.885. The molecule has 19 heavy (non-hydrogen) atoms. The number of carbonyl (C=O) groups is 1. The molecule has 0 fully saturated rings. The predicted molar refractivity (Wildman–Crippen MR) is 67.7 cm³/mol. The van der Waals surface area contributed by atoms with Crippen molar-refractivity contribution in [1.82, 2.24) is 4.98 Å². The molecule has 0 saturated carbocycles. The monoisotopic (exact) mass is 284 g/mol. The first-order chi connectivity index (χ1) is 9.04. The van der Waals surface area contributed by atoms with Gasteiger partial charge in [-0.15, -0.1) is 11.3 Å². The minimum atomic E-state index is -0.937. The number of aromatic nitrogens is 1. The average Bonchev–Trinajstić information content (AvgIpc) is 2.79. The number of aliphatic carboxylic acids is 1. The molecule has 0 radical (unpaired) electrons. The molecular weight excluding hydrogens is 274 g/mol. The van der Waals surface area contributed by atoms with Crippen LogP contribution in [0, 0.1) is 11.6 Å². The van der Waals surface area contributed by atoms with E-state index in [9.17, 15) is 13.6 Å². The molecule has 2 N–H and O–H groups in total. The lowest BCUT2D eigenvalue weighted by atomic mass is 10.2. The van der Waals surface area contributed by atoms with Crippen LogP contribution in [0.1, 0.15) is 12.1 Å². The van der Waals surface area contributed by atoms with Gasteiger partial charge in [-0.25, -0.2) is 13.8 Å². The van der Waals surface area contributed by atoms with Gasteiger partial charge >= 0.3 is 5.97 Å².